The summed E-state index contributed by atoms with van der Waals surface area (Å²) in [7, 11) is 0. The summed E-state index contributed by atoms with van der Waals surface area (Å²) in [6.45, 7) is 5.17. The van der Waals surface area contributed by atoms with Gasteiger partial charge in [-0.25, -0.2) is 13.9 Å². The SMILES string of the molecule is C=Cn1cc[n+](C(C)C(=O)O)c1. The zero-order valence-corrected chi connectivity index (χ0v) is 6.84. The molecule has 0 aliphatic heterocycles. The van der Waals surface area contributed by atoms with Crippen LogP contribution >= 0.6 is 0 Å². The first-order chi connectivity index (χ1) is 5.65. The highest BCUT2D eigenvalue weighted by Gasteiger charge is 2.17. The van der Waals surface area contributed by atoms with E-state index in [1.165, 1.54) is 0 Å². The van der Waals surface area contributed by atoms with Crippen LogP contribution in [-0.2, 0) is 4.79 Å². The first-order valence-electron chi connectivity index (χ1n) is 3.58. The normalized spacial score (nSPS) is 12.4. The lowest BCUT2D eigenvalue weighted by Gasteiger charge is -1.98. The van der Waals surface area contributed by atoms with Crippen LogP contribution in [0.4, 0.5) is 0 Å². The Morgan fingerprint density at radius 1 is 1.83 bits per heavy atom. The molecule has 1 aromatic rings. The smallest absolute Gasteiger partial charge is 0.349 e. The minimum Gasteiger partial charge on any atom is -0.478 e. The Balaban J connectivity index is 2.88. The van der Waals surface area contributed by atoms with Gasteiger partial charge in [-0.3, -0.25) is 0 Å². The van der Waals surface area contributed by atoms with Gasteiger partial charge in [-0.05, 0) is 6.92 Å². The molecule has 0 fully saturated rings. The van der Waals surface area contributed by atoms with E-state index in [0.29, 0.717) is 0 Å². The third-order valence-corrected chi connectivity index (χ3v) is 1.69. The van der Waals surface area contributed by atoms with Gasteiger partial charge in [0.15, 0.2) is 6.04 Å². The van der Waals surface area contributed by atoms with E-state index in [0.717, 1.165) is 0 Å². The van der Waals surface area contributed by atoms with Crippen molar-refractivity contribution < 1.29 is 14.5 Å². The molecule has 4 heteroatoms. The van der Waals surface area contributed by atoms with Crippen molar-refractivity contribution in [2.75, 3.05) is 0 Å². The first-order valence-corrected chi connectivity index (χ1v) is 3.58. The number of carboxylic acids is 1. The van der Waals surface area contributed by atoms with Gasteiger partial charge in [0, 0.05) is 0 Å². The van der Waals surface area contributed by atoms with E-state index in [9.17, 15) is 4.79 Å². The van der Waals surface area contributed by atoms with E-state index in [2.05, 4.69) is 6.58 Å². The van der Waals surface area contributed by atoms with Crippen LogP contribution in [0.1, 0.15) is 13.0 Å². The molecule has 4 nitrogen and oxygen atoms in total. The molecule has 1 atom stereocenters. The summed E-state index contributed by atoms with van der Waals surface area (Å²) in [6, 6.07) is -0.536. The fourth-order valence-corrected chi connectivity index (χ4v) is 0.850. The predicted octanol–water partition coefficient (Wildman–Crippen LogP) is 0.522. The fourth-order valence-electron chi connectivity index (χ4n) is 0.850. The lowest BCUT2D eigenvalue weighted by molar-refractivity contribution is -0.706. The monoisotopic (exact) mass is 167 g/mol. The second-order valence-electron chi connectivity index (χ2n) is 2.50. The Hall–Kier alpha value is -1.58. The van der Waals surface area contributed by atoms with Gasteiger partial charge in [0.25, 0.3) is 0 Å². The summed E-state index contributed by atoms with van der Waals surface area (Å²) in [6.07, 6.45) is 6.71. The highest BCUT2D eigenvalue weighted by atomic mass is 16.4. The zero-order chi connectivity index (χ0) is 9.14. The van der Waals surface area contributed by atoms with Crippen LogP contribution in [-0.4, -0.2) is 15.6 Å². The molecule has 1 heterocycles. The van der Waals surface area contributed by atoms with Gasteiger partial charge in [-0.2, -0.15) is 0 Å². The molecule has 0 saturated heterocycles. The second kappa shape index (κ2) is 3.21. The van der Waals surface area contributed by atoms with Gasteiger partial charge in [0.1, 0.15) is 12.4 Å². The molecule has 0 aromatic carbocycles. The van der Waals surface area contributed by atoms with Crippen molar-refractivity contribution in [2.45, 2.75) is 13.0 Å². The largest absolute Gasteiger partial charge is 0.478 e. The molecule has 0 amide bonds. The molecule has 0 aliphatic carbocycles. The lowest BCUT2D eigenvalue weighted by Crippen LogP contribution is -2.40. The van der Waals surface area contributed by atoms with Gasteiger partial charge >= 0.3 is 5.97 Å². The van der Waals surface area contributed by atoms with Crippen LogP contribution in [0.2, 0.25) is 0 Å². The molecule has 1 aromatic heterocycles. The lowest BCUT2D eigenvalue weighted by atomic mass is 10.3. The van der Waals surface area contributed by atoms with E-state index in [-0.39, 0.29) is 0 Å². The van der Waals surface area contributed by atoms with E-state index < -0.39 is 12.0 Å². The standard InChI is InChI=1S/C8H10N2O2/c1-3-9-4-5-10(6-9)7(2)8(11)12/h3-7H,1H2,2H3/p+1. The molecule has 0 aliphatic rings. The zero-order valence-electron chi connectivity index (χ0n) is 6.84. The van der Waals surface area contributed by atoms with Crippen LogP contribution in [0.3, 0.4) is 0 Å². The van der Waals surface area contributed by atoms with E-state index in [1.54, 1.807) is 41.0 Å². The fraction of sp³-hybridized carbons (Fsp3) is 0.250. The number of carbonyl (C=O) groups is 1. The van der Waals surface area contributed by atoms with Crippen molar-refractivity contribution >= 4 is 12.2 Å². The summed E-state index contributed by atoms with van der Waals surface area (Å²) in [5.74, 6) is -0.846. The topological polar surface area (TPSA) is 46.1 Å². The number of hydrogen-bond acceptors (Lipinski definition) is 1. The highest BCUT2D eigenvalue weighted by molar-refractivity contribution is 5.69. The van der Waals surface area contributed by atoms with Crippen molar-refractivity contribution in [3.05, 3.63) is 25.3 Å². The summed E-state index contributed by atoms with van der Waals surface area (Å²) in [5, 5.41) is 8.66. The minimum absolute atomic E-state index is 0.536. The van der Waals surface area contributed by atoms with E-state index >= 15 is 0 Å². The maximum atomic E-state index is 10.5. The Bertz CT molecular complexity index is 304. The number of nitrogens with zero attached hydrogens (tertiary/aromatic N) is 2. The van der Waals surface area contributed by atoms with Crippen LogP contribution in [0.5, 0.6) is 0 Å². The first kappa shape index (κ1) is 8.52. The quantitative estimate of drug-likeness (QED) is 0.667. The summed E-state index contributed by atoms with van der Waals surface area (Å²) < 4.78 is 3.30. The number of rotatable bonds is 3. The Morgan fingerprint density at radius 2 is 2.50 bits per heavy atom. The van der Waals surface area contributed by atoms with Gasteiger partial charge < -0.3 is 5.11 Å². The van der Waals surface area contributed by atoms with Gasteiger partial charge in [0.2, 0.25) is 6.33 Å². The van der Waals surface area contributed by atoms with Crippen molar-refractivity contribution in [1.82, 2.24) is 4.57 Å². The molecule has 1 N–H and O–H groups in total. The number of carboxylic acid groups (broad SMARTS) is 1. The van der Waals surface area contributed by atoms with Crippen LogP contribution in [0, 0.1) is 0 Å². The minimum atomic E-state index is -0.846. The maximum Gasteiger partial charge on any atom is 0.349 e. The number of aliphatic carboxylic acids is 1. The van der Waals surface area contributed by atoms with Crippen molar-refractivity contribution in [2.24, 2.45) is 0 Å². The molecule has 1 rings (SSSR count). The Morgan fingerprint density at radius 3 is 2.92 bits per heavy atom. The Labute approximate surface area is 70.4 Å². The van der Waals surface area contributed by atoms with Crippen LogP contribution < -0.4 is 4.57 Å². The van der Waals surface area contributed by atoms with Gasteiger partial charge in [-0.1, -0.05) is 6.58 Å². The molecule has 0 radical (unpaired) electrons. The van der Waals surface area contributed by atoms with Gasteiger partial charge in [0.05, 0.1) is 6.20 Å². The molecule has 1 unspecified atom stereocenters. The van der Waals surface area contributed by atoms with Crippen molar-refractivity contribution in [3.8, 4) is 0 Å². The van der Waals surface area contributed by atoms with Crippen molar-refractivity contribution in [1.29, 1.82) is 0 Å². The Kier molecular flexibility index (Phi) is 2.28. The second-order valence-corrected chi connectivity index (χ2v) is 2.50. The number of aromatic nitrogens is 2. The average Bonchev–Trinajstić information content (AvgIpc) is 2.50. The number of imidazole rings is 1. The summed E-state index contributed by atoms with van der Waals surface area (Å²) in [4.78, 5) is 10.5. The van der Waals surface area contributed by atoms with Gasteiger partial charge in [-0.15, -0.1) is 0 Å². The molecule has 0 spiro atoms. The molecular weight excluding hydrogens is 156 g/mol. The highest BCUT2D eigenvalue weighted by Crippen LogP contribution is 1.94. The third-order valence-electron chi connectivity index (χ3n) is 1.69. The predicted molar refractivity (Wildman–Crippen MR) is 43.4 cm³/mol. The molecule has 64 valence electrons. The van der Waals surface area contributed by atoms with E-state index in [1.807, 2.05) is 0 Å². The molecule has 0 saturated carbocycles. The molecule has 12 heavy (non-hydrogen) atoms. The number of hydrogen-bond donors (Lipinski definition) is 1. The molecular formula is C8H11N2O2+. The van der Waals surface area contributed by atoms with Crippen molar-refractivity contribution in [3.63, 3.8) is 0 Å². The summed E-state index contributed by atoms with van der Waals surface area (Å²) in [5.41, 5.74) is 0. The average molecular weight is 167 g/mol. The summed E-state index contributed by atoms with van der Waals surface area (Å²) >= 11 is 0. The maximum absolute atomic E-state index is 10.5. The molecule has 0 bridgehead atoms. The van der Waals surface area contributed by atoms with E-state index in [4.69, 9.17) is 5.11 Å². The van der Waals surface area contributed by atoms with Crippen LogP contribution in [0.15, 0.2) is 25.3 Å². The third kappa shape index (κ3) is 1.53. The van der Waals surface area contributed by atoms with Crippen LogP contribution in [0.25, 0.3) is 6.20 Å².